The fraction of sp³-hybridized carbons (Fsp3) is 0.600. The van der Waals surface area contributed by atoms with Gasteiger partial charge in [0.25, 0.3) is 0 Å². The molecule has 0 spiro atoms. The van der Waals surface area contributed by atoms with Gasteiger partial charge in [0.2, 0.25) is 0 Å². The van der Waals surface area contributed by atoms with Crippen LogP contribution in [0.25, 0.3) is 10.9 Å². The van der Waals surface area contributed by atoms with Crippen LogP contribution in [0.15, 0.2) is 30.3 Å². The lowest BCUT2D eigenvalue weighted by Gasteiger charge is -2.37. The van der Waals surface area contributed by atoms with E-state index in [1.165, 1.54) is 42.3 Å². The number of ether oxygens (including phenoxy) is 1. The molecule has 3 nitrogen and oxygen atoms in total. The van der Waals surface area contributed by atoms with E-state index in [2.05, 4.69) is 54.1 Å². The van der Waals surface area contributed by atoms with Gasteiger partial charge in [-0.05, 0) is 63.0 Å². The number of nitrogens with one attached hydrogen (secondary N) is 1. The van der Waals surface area contributed by atoms with E-state index in [0.29, 0.717) is 18.1 Å². The first-order valence-corrected chi connectivity index (χ1v) is 9.12. The number of benzene rings is 1. The largest absolute Gasteiger partial charge is 0.378 e. The number of aromatic nitrogens is 1. The summed E-state index contributed by atoms with van der Waals surface area (Å²) in [5, 5.41) is 5.13. The van der Waals surface area contributed by atoms with Crippen molar-refractivity contribution in [2.24, 2.45) is 5.92 Å². The van der Waals surface area contributed by atoms with Crippen LogP contribution in [0.4, 0.5) is 0 Å². The zero-order valence-corrected chi connectivity index (χ0v) is 14.3. The second-order valence-corrected chi connectivity index (χ2v) is 7.47. The number of rotatable bonds is 4. The first-order chi connectivity index (χ1) is 11.2. The topological polar surface area (TPSA) is 26.2 Å². The van der Waals surface area contributed by atoms with Crippen LogP contribution in [0.1, 0.15) is 44.3 Å². The van der Waals surface area contributed by atoms with E-state index in [9.17, 15) is 0 Å². The number of hydrogen-bond donors (Lipinski definition) is 1. The number of fused-ring (bicyclic) bond motifs is 1. The van der Waals surface area contributed by atoms with Crippen molar-refractivity contribution in [1.29, 1.82) is 0 Å². The molecule has 2 aliphatic rings. The Bertz CT molecular complexity index is 665. The van der Waals surface area contributed by atoms with Crippen LogP contribution in [0.3, 0.4) is 0 Å². The van der Waals surface area contributed by atoms with Crippen molar-refractivity contribution in [1.82, 2.24) is 9.88 Å². The molecule has 124 valence electrons. The molecule has 0 radical (unpaired) electrons. The van der Waals surface area contributed by atoms with Crippen LogP contribution in [0.5, 0.6) is 0 Å². The van der Waals surface area contributed by atoms with Crippen molar-refractivity contribution in [3.63, 3.8) is 0 Å². The van der Waals surface area contributed by atoms with E-state index in [0.717, 1.165) is 19.1 Å². The van der Waals surface area contributed by atoms with Gasteiger partial charge in [0, 0.05) is 23.3 Å². The third-order valence-corrected chi connectivity index (χ3v) is 5.91. The maximum atomic E-state index is 5.27. The van der Waals surface area contributed by atoms with E-state index >= 15 is 0 Å². The average molecular weight is 312 g/mol. The number of hydrogen-bond acceptors (Lipinski definition) is 2. The summed E-state index contributed by atoms with van der Waals surface area (Å²) in [6.45, 7) is 6.48. The first-order valence-electron chi connectivity index (χ1n) is 9.12. The Labute approximate surface area is 139 Å². The second kappa shape index (κ2) is 6.29. The Kier molecular flexibility index (Phi) is 4.16. The van der Waals surface area contributed by atoms with Gasteiger partial charge in [-0.1, -0.05) is 18.2 Å². The maximum absolute atomic E-state index is 5.27. The molecule has 1 N–H and O–H groups in total. The lowest BCUT2D eigenvalue weighted by atomic mass is 9.81. The Balaban J connectivity index is 1.44. The van der Waals surface area contributed by atoms with E-state index in [1.54, 1.807) is 0 Å². The summed E-state index contributed by atoms with van der Waals surface area (Å²) < 4.78 is 7.84. The third-order valence-electron chi connectivity index (χ3n) is 5.91. The lowest BCUT2D eigenvalue weighted by molar-refractivity contribution is -0.0130. The Morgan fingerprint density at radius 3 is 2.52 bits per heavy atom. The van der Waals surface area contributed by atoms with E-state index in [1.807, 2.05) is 0 Å². The van der Waals surface area contributed by atoms with Gasteiger partial charge in [0.1, 0.15) is 0 Å². The van der Waals surface area contributed by atoms with Gasteiger partial charge in [-0.3, -0.25) is 0 Å². The van der Waals surface area contributed by atoms with Gasteiger partial charge in [0.15, 0.2) is 0 Å². The highest BCUT2D eigenvalue weighted by Crippen LogP contribution is 2.36. The molecule has 1 aromatic heterocycles. The summed E-state index contributed by atoms with van der Waals surface area (Å²) in [6.07, 6.45) is 5.28. The minimum absolute atomic E-state index is 0.586. The van der Waals surface area contributed by atoms with Gasteiger partial charge in [-0.25, -0.2) is 0 Å². The predicted octanol–water partition coefficient (Wildman–Crippen LogP) is 4.06. The first kappa shape index (κ1) is 15.2. The molecule has 2 fully saturated rings. The molecule has 1 aliphatic carbocycles. The Morgan fingerprint density at radius 2 is 1.83 bits per heavy atom. The lowest BCUT2D eigenvalue weighted by Crippen LogP contribution is -2.51. The molecule has 2 heterocycles. The average Bonchev–Trinajstić information content (AvgIpc) is 2.86. The maximum Gasteiger partial charge on any atom is 0.0643 e. The van der Waals surface area contributed by atoms with Crippen molar-refractivity contribution < 1.29 is 4.74 Å². The summed E-state index contributed by atoms with van der Waals surface area (Å²) in [5.74, 6) is 0.792. The fourth-order valence-corrected chi connectivity index (χ4v) is 4.50. The molecule has 4 rings (SSSR count). The zero-order valence-electron chi connectivity index (χ0n) is 14.3. The highest BCUT2D eigenvalue weighted by molar-refractivity contribution is 5.81. The number of para-hydroxylation sites is 1. The van der Waals surface area contributed by atoms with Crippen molar-refractivity contribution in [3.8, 4) is 0 Å². The van der Waals surface area contributed by atoms with E-state index in [4.69, 9.17) is 4.74 Å². The molecular formula is C20H28N2O. The molecule has 23 heavy (non-hydrogen) atoms. The molecule has 3 heteroatoms. The second-order valence-electron chi connectivity index (χ2n) is 7.47. The van der Waals surface area contributed by atoms with Crippen molar-refractivity contribution >= 4 is 10.9 Å². The van der Waals surface area contributed by atoms with E-state index in [-0.39, 0.29) is 0 Å². The highest BCUT2D eigenvalue weighted by atomic mass is 16.5. The normalized spacial score (nSPS) is 27.0. The molecule has 2 aromatic rings. The minimum Gasteiger partial charge on any atom is -0.378 e. The number of nitrogens with zero attached hydrogens (tertiary/aromatic N) is 1. The SMILES string of the molecule is Cc1cc2ccccc2n1[C@H](C)C1CCC(NC2COC2)CC1. The zero-order chi connectivity index (χ0) is 15.8. The van der Waals surface area contributed by atoms with Crippen LogP contribution >= 0.6 is 0 Å². The van der Waals surface area contributed by atoms with Gasteiger partial charge >= 0.3 is 0 Å². The van der Waals surface area contributed by atoms with Crippen LogP contribution in [-0.4, -0.2) is 29.9 Å². The molecule has 1 aromatic carbocycles. The van der Waals surface area contributed by atoms with Crippen LogP contribution in [0, 0.1) is 12.8 Å². The molecular weight excluding hydrogens is 284 g/mol. The summed E-state index contributed by atoms with van der Waals surface area (Å²) in [6, 6.07) is 13.0. The Morgan fingerprint density at radius 1 is 1.09 bits per heavy atom. The Hall–Kier alpha value is -1.32. The van der Waals surface area contributed by atoms with Gasteiger partial charge in [0.05, 0.1) is 19.3 Å². The van der Waals surface area contributed by atoms with Crippen LogP contribution in [-0.2, 0) is 4.74 Å². The molecule has 1 saturated carbocycles. The molecule has 1 saturated heterocycles. The molecule has 0 unspecified atom stereocenters. The summed E-state index contributed by atoms with van der Waals surface area (Å²) in [4.78, 5) is 0. The van der Waals surface area contributed by atoms with Gasteiger partial charge in [-0.2, -0.15) is 0 Å². The third kappa shape index (κ3) is 2.92. The van der Waals surface area contributed by atoms with Gasteiger partial charge in [-0.15, -0.1) is 0 Å². The van der Waals surface area contributed by atoms with Crippen LogP contribution in [0.2, 0.25) is 0 Å². The summed E-state index contributed by atoms with van der Waals surface area (Å²) in [7, 11) is 0. The van der Waals surface area contributed by atoms with Crippen LogP contribution < -0.4 is 5.32 Å². The quantitative estimate of drug-likeness (QED) is 0.921. The molecule has 1 aliphatic heterocycles. The highest BCUT2D eigenvalue weighted by Gasteiger charge is 2.29. The van der Waals surface area contributed by atoms with E-state index < -0.39 is 0 Å². The number of aryl methyl sites for hydroxylation is 1. The fourth-order valence-electron chi connectivity index (χ4n) is 4.50. The summed E-state index contributed by atoms with van der Waals surface area (Å²) in [5.41, 5.74) is 2.79. The monoisotopic (exact) mass is 312 g/mol. The van der Waals surface area contributed by atoms with Crippen molar-refractivity contribution in [2.45, 2.75) is 57.7 Å². The predicted molar refractivity (Wildman–Crippen MR) is 94.9 cm³/mol. The standard InChI is InChI=1S/C20H28N2O/c1-14-11-17-5-3-4-6-20(17)22(14)15(2)16-7-9-18(10-8-16)21-19-12-23-13-19/h3-6,11,15-16,18-19,21H,7-10,12-13H2,1-2H3/t15-,16?,18?/m1/s1. The molecule has 0 bridgehead atoms. The molecule has 0 amide bonds. The van der Waals surface area contributed by atoms with Gasteiger partial charge < -0.3 is 14.6 Å². The smallest absolute Gasteiger partial charge is 0.0643 e. The van der Waals surface area contributed by atoms with Crippen molar-refractivity contribution in [3.05, 3.63) is 36.0 Å². The minimum atomic E-state index is 0.586. The van der Waals surface area contributed by atoms with Crippen molar-refractivity contribution in [2.75, 3.05) is 13.2 Å². The molecule has 1 atom stereocenters. The summed E-state index contributed by atoms with van der Waals surface area (Å²) >= 11 is 0.